The lowest BCUT2D eigenvalue weighted by molar-refractivity contribution is -0.167. The monoisotopic (exact) mass is 1140 g/mol. The topological polar surface area (TPSA) is 78.9 Å². The molecular formula is C75H138O6. The van der Waals surface area contributed by atoms with Crippen molar-refractivity contribution in [3.05, 3.63) is 48.6 Å². The predicted octanol–water partition coefficient (Wildman–Crippen LogP) is 24.9. The summed E-state index contributed by atoms with van der Waals surface area (Å²) in [5, 5.41) is 0. The van der Waals surface area contributed by atoms with Crippen molar-refractivity contribution in [2.45, 2.75) is 399 Å². The zero-order valence-electron chi connectivity index (χ0n) is 54.6. The maximum atomic E-state index is 12.9. The average Bonchev–Trinajstić information content (AvgIpc) is 3.47. The largest absolute Gasteiger partial charge is 0.462 e. The fourth-order valence-corrected chi connectivity index (χ4v) is 10.9. The second-order valence-corrected chi connectivity index (χ2v) is 24.5. The second-order valence-electron chi connectivity index (χ2n) is 24.5. The molecule has 0 saturated carbocycles. The molecule has 0 bridgehead atoms. The minimum absolute atomic E-state index is 0.0751. The summed E-state index contributed by atoms with van der Waals surface area (Å²) >= 11 is 0. The zero-order valence-corrected chi connectivity index (χ0v) is 54.6. The molecule has 0 fully saturated rings. The van der Waals surface area contributed by atoms with Crippen LogP contribution in [0.2, 0.25) is 0 Å². The molecule has 1 unspecified atom stereocenters. The molecule has 0 rings (SSSR count). The first-order valence-electron chi connectivity index (χ1n) is 36.1. The Balaban J connectivity index is 4.22. The van der Waals surface area contributed by atoms with Crippen molar-refractivity contribution in [2.75, 3.05) is 13.2 Å². The van der Waals surface area contributed by atoms with Crippen molar-refractivity contribution < 1.29 is 28.6 Å². The van der Waals surface area contributed by atoms with Gasteiger partial charge < -0.3 is 14.2 Å². The van der Waals surface area contributed by atoms with Gasteiger partial charge in [-0.2, -0.15) is 0 Å². The van der Waals surface area contributed by atoms with E-state index in [0.717, 1.165) is 83.5 Å². The highest BCUT2D eigenvalue weighted by Gasteiger charge is 2.19. The number of rotatable bonds is 67. The van der Waals surface area contributed by atoms with E-state index >= 15 is 0 Å². The van der Waals surface area contributed by atoms with E-state index in [4.69, 9.17) is 14.2 Å². The van der Waals surface area contributed by atoms with E-state index < -0.39 is 6.10 Å². The number of unbranched alkanes of at least 4 members (excludes halogenated alkanes) is 48. The van der Waals surface area contributed by atoms with Crippen molar-refractivity contribution in [1.82, 2.24) is 0 Å². The van der Waals surface area contributed by atoms with Crippen molar-refractivity contribution in [2.24, 2.45) is 0 Å². The highest BCUT2D eigenvalue weighted by Crippen LogP contribution is 2.19. The van der Waals surface area contributed by atoms with Crippen LogP contribution in [0.1, 0.15) is 393 Å². The minimum atomic E-state index is -0.781. The third kappa shape index (κ3) is 68.0. The summed E-state index contributed by atoms with van der Waals surface area (Å²) in [7, 11) is 0. The van der Waals surface area contributed by atoms with Gasteiger partial charge in [-0.25, -0.2) is 0 Å². The Morgan fingerprint density at radius 1 is 0.247 bits per heavy atom. The molecule has 474 valence electrons. The van der Waals surface area contributed by atoms with Gasteiger partial charge in [-0.1, -0.05) is 339 Å². The van der Waals surface area contributed by atoms with Crippen LogP contribution in [-0.4, -0.2) is 37.2 Å². The van der Waals surface area contributed by atoms with Crippen LogP contribution in [0.5, 0.6) is 0 Å². The van der Waals surface area contributed by atoms with Crippen molar-refractivity contribution in [3.8, 4) is 0 Å². The molecule has 0 aromatic carbocycles. The van der Waals surface area contributed by atoms with Crippen molar-refractivity contribution >= 4 is 17.9 Å². The van der Waals surface area contributed by atoms with Gasteiger partial charge in [0.2, 0.25) is 0 Å². The quantitative estimate of drug-likeness (QED) is 0.0261. The Morgan fingerprint density at radius 3 is 0.704 bits per heavy atom. The maximum absolute atomic E-state index is 12.9. The van der Waals surface area contributed by atoms with Gasteiger partial charge in [0, 0.05) is 19.3 Å². The van der Waals surface area contributed by atoms with Crippen LogP contribution >= 0.6 is 0 Å². The van der Waals surface area contributed by atoms with Crippen LogP contribution in [0, 0.1) is 0 Å². The van der Waals surface area contributed by atoms with Crippen LogP contribution in [0.4, 0.5) is 0 Å². The van der Waals surface area contributed by atoms with Gasteiger partial charge in [0.05, 0.1) is 0 Å². The normalized spacial score (nSPS) is 12.3. The summed E-state index contributed by atoms with van der Waals surface area (Å²) in [4.78, 5) is 38.4. The lowest BCUT2D eigenvalue weighted by atomic mass is 10.0. The molecule has 0 aromatic heterocycles. The fourth-order valence-electron chi connectivity index (χ4n) is 10.9. The molecule has 0 aliphatic carbocycles. The van der Waals surface area contributed by atoms with Gasteiger partial charge in [0.1, 0.15) is 13.2 Å². The number of carbonyl (C=O) groups is 3. The smallest absolute Gasteiger partial charge is 0.306 e. The summed E-state index contributed by atoms with van der Waals surface area (Å²) in [6.07, 6.45) is 88.6. The molecule has 0 heterocycles. The summed E-state index contributed by atoms with van der Waals surface area (Å²) in [6.45, 7) is 6.65. The predicted molar refractivity (Wildman–Crippen MR) is 353 cm³/mol. The molecule has 0 amide bonds. The number of carbonyl (C=O) groups excluding carboxylic acids is 3. The molecule has 0 N–H and O–H groups in total. The highest BCUT2D eigenvalue weighted by molar-refractivity contribution is 5.71. The summed E-state index contributed by atoms with van der Waals surface area (Å²) in [5.41, 5.74) is 0. The maximum Gasteiger partial charge on any atom is 0.306 e. The lowest BCUT2D eigenvalue weighted by Gasteiger charge is -2.18. The average molecular weight is 1140 g/mol. The van der Waals surface area contributed by atoms with Crippen molar-refractivity contribution in [3.63, 3.8) is 0 Å². The van der Waals surface area contributed by atoms with Gasteiger partial charge >= 0.3 is 17.9 Å². The molecule has 0 aliphatic heterocycles. The Morgan fingerprint density at radius 2 is 0.444 bits per heavy atom. The van der Waals surface area contributed by atoms with Crippen LogP contribution < -0.4 is 0 Å². The summed E-state index contributed by atoms with van der Waals surface area (Å²) < 4.78 is 17.0. The molecule has 0 aromatic rings. The van der Waals surface area contributed by atoms with Crippen LogP contribution in [0.15, 0.2) is 48.6 Å². The summed E-state index contributed by atoms with van der Waals surface area (Å²) in [6, 6.07) is 0. The van der Waals surface area contributed by atoms with E-state index in [2.05, 4.69) is 69.4 Å². The summed E-state index contributed by atoms with van der Waals surface area (Å²) in [5.74, 6) is -0.865. The number of hydrogen-bond donors (Lipinski definition) is 0. The molecule has 81 heavy (non-hydrogen) atoms. The highest BCUT2D eigenvalue weighted by atomic mass is 16.6. The third-order valence-electron chi connectivity index (χ3n) is 16.3. The first-order valence-corrected chi connectivity index (χ1v) is 36.1. The fraction of sp³-hybridized carbons (Fsp3) is 0.853. The van der Waals surface area contributed by atoms with Gasteiger partial charge in [-0.3, -0.25) is 14.4 Å². The van der Waals surface area contributed by atoms with E-state index in [1.54, 1.807) is 0 Å². The van der Waals surface area contributed by atoms with E-state index in [-0.39, 0.29) is 31.1 Å². The number of ether oxygens (including phenoxy) is 3. The molecule has 0 radical (unpaired) electrons. The standard InChI is InChI=1S/C75H138O6/c1-4-7-10-13-16-19-22-25-28-31-32-33-34-35-36-37-38-39-40-41-42-45-47-50-53-56-59-62-65-68-74(77)80-71-72(81-75(78)69-66-63-60-57-54-51-48-44-30-27-24-21-18-15-12-9-6-3)70-79-73(76)67-64-61-58-55-52-49-46-43-29-26-23-20-17-14-11-8-5-2/h17-18,20-21,26-27,29-30,72H,4-16,19,22-25,28,31-71H2,1-3H3/b20-17-,21-18-,29-26-,30-27-. The Hall–Kier alpha value is -2.63. The van der Waals surface area contributed by atoms with Gasteiger partial charge in [0.15, 0.2) is 6.10 Å². The van der Waals surface area contributed by atoms with E-state index in [1.165, 1.54) is 270 Å². The Bertz CT molecular complexity index is 1400. The van der Waals surface area contributed by atoms with Crippen LogP contribution in [0.25, 0.3) is 0 Å². The van der Waals surface area contributed by atoms with Gasteiger partial charge in [-0.15, -0.1) is 0 Å². The SMILES string of the molecule is CCCCC/C=C\C/C=C\CCCCCCCCCC(=O)OCC(COC(=O)CCCCCCCCCCCCCCCCCCCCCCCCCCCCCCC)OC(=O)CCCCCCCCC/C=C\C/C=C\CCCCC. The second kappa shape index (κ2) is 69.9. The zero-order chi connectivity index (χ0) is 58.5. The number of esters is 3. The first kappa shape index (κ1) is 78.4. The number of allylic oxidation sites excluding steroid dienone is 8. The van der Waals surface area contributed by atoms with Crippen LogP contribution in [-0.2, 0) is 28.6 Å². The van der Waals surface area contributed by atoms with E-state index in [9.17, 15) is 14.4 Å². The molecule has 1 atom stereocenters. The first-order chi connectivity index (χ1) is 40.0. The lowest BCUT2D eigenvalue weighted by Crippen LogP contribution is -2.30. The van der Waals surface area contributed by atoms with Gasteiger partial charge in [-0.05, 0) is 83.5 Å². The molecule has 0 aliphatic rings. The molecule has 0 spiro atoms. The minimum Gasteiger partial charge on any atom is -0.462 e. The van der Waals surface area contributed by atoms with Crippen LogP contribution in [0.3, 0.4) is 0 Å². The van der Waals surface area contributed by atoms with Gasteiger partial charge in [0.25, 0.3) is 0 Å². The molecular weight excluding hydrogens is 997 g/mol. The molecule has 6 heteroatoms. The van der Waals surface area contributed by atoms with E-state index in [0.29, 0.717) is 19.3 Å². The van der Waals surface area contributed by atoms with E-state index in [1.807, 2.05) is 0 Å². The van der Waals surface area contributed by atoms with Crippen molar-refractivity contribution in [1.29, 1.82) is 0 Å². The third-order valence-corrected chi connectivity index (χ3v) is 16.3. The molecule has 0 saturated heterocycles. The number of hydrogen-bond acceptors (Lipinski definition) is 6. The molecule has 6 nitrogen and oxygen atoms in total. The Labute approximate surface area is 505 Å². The Kier molecular flexibility index (Phi) is 67.6.